The summed E-state index contributed by atoms with van der Waals surface area (Å²) in [6.45, 7) is 0. The van der Waals surface area contributed by atoms with Crippen LogP contribution in [0.4, 0.5) is 4.39 Å². The Morgan fingerprint density at radius 1 is 0.880 bits per heavy atom. The van der Waals surface area contributed by atoms with Gasteiger partial charge in [0, 0.05) is 30.1 Å². The van der Waals surface area contributed by atoms with Gasteiger partial charge in [0.25, 0.3) is 0 Å². The first kappa shape index (κ1) is 15.3. The van der Waals surface area contributed by atoms with Gasteiger partial charge in [-0.2, -0.15) is 4.98 Å². The van der Waals surface area contributed by atoms with E-state index in [1.165, 1.54) is 12.1 Å². The summed E-state index contributed by atoms with van der Waals surface area (Å²) >= 11 is 0. The van der Waals surface area contributed by atoms with E-state index in [9.17, 15) is 4.39 Å². The van der Waals surface area contributed by atoms with Gasteiger partial charge in [0.2, 0.25) is 11.7 Å². The van der Waals surface area contributed by atoms with E-state index in [0.717, 1.165) is 23.2 Å². The van der Waals surface area contributed by atoms with Gasteiger partial charge in [-0.25, -0.2) is 4.39 Å². The summed E-state index contributed by atoms with van der Waals surface area (Å²) in [4.78, 5) is 4.45. The van der Waals surface area contributed by atoms with E-state index in [0.29, 0.717) is 18.1 Å². The molecule has 0 aliphatic heterocycles. The Kier molecular flexibility index (Phi) is 4.12. The van der Waals surface area contributed by atoms with Crippen LogP contribution in [0.2, 0.25) is 0 Å². The third-order valence-electron chi connectivity index (χ3n) is 4.04. The van der Waals surface area contributed by atoms with Crippen molar-refractivity contribution in [2.24, 2.45) is 0 Å². The number of halogens is 1. The summed E-state index contributed by atoms with van der Waals surface area (Å²) < 4.78 is 20.3. The van der Waals surface area contributed by atoms with Crippen LogP contribution in [-0.4, -0.2) is 14.7 Å². The van der Waals surface area contributed by atoms with Gasteiger partial charge >= 0.3 is 0 Å². The summed E-state index contributed by atoms with van der Waals surface area (Å²) in [5, 5.41) is 4.05. The van der Waals surface area contributed by atoms with Crippen molar-refractivity contribution in [3.05, 3.63) is 90.3 Å². The second-order valence-electron chi connectivity index (χ2n) is 5.78. The molecule has 2 aromatic carbocycles. The largest absolute Gasteiger partial charge is 0.339 e. The van der Waals surface area contributed by atoms with Crippen LogP contribution in [0.3, 0.4) is 0 Å². The molecular weight excluding hydrogens is 317 g/mol. The zero-order chi connectivity index (χ0) is 17.1. The van der Waals surface area contributed by atoms with Crippen LogP contribution < -0.4 is 0 Å². The summed E-state index contributed by atoms with van der Waals surface area (Å²) in [5.74, 6) is 0.925. The SMILES string of the molecule is Fc1ccc(CCc2nc(-c3ccc(-n4cccc4)cc3)no2)cc1. The highest BCUT2D eigenvalue weighted by Gasteiger charge is 2.09. The molecule has 2 aromatic heterocycles. The number of rotatable bonds is 5. The second-order valence-corrected chi connectivity index (χ2v) is 5.78. The zero-order valence-corrected chi connectivity index (χ0v) is 13.5. The van der Waals surface area contributed by atoms with Crippen molar-refractivity contribution in [2.75, 3.05) is 0 Å². The third-order valence-corrected chi connectivity index (χ3v) is 4.04. The Morgan fingerprint density at radius 3 is 2.32 bits per heavy atom. The number of aryl methyl sites for hydroxylation is 2. The molecule has 0 atom stereocenters. The fourth-order valence-corrected chi connectivity index (χ4v) is 2.67. The van der Waals surface area contributed by atoms with Crippen molar-refractivity contribution in [3.63, 3.8) is 0 Å². The standard InChI is InChI=1S/C20H16FN3O/c21-17-8-3-15(4-9-17)5-12-19-22-20(23-25-19)16-6-10-18(11-7-16)24-13-1-2-14-24/h1-4,6-11,13-14H,5,12H2. The zero-order valence-electron chi connectivity index (χ0n) is 13.5. The number of nitrogens with zero attached hydrogens (tertiary/aromatic N) is 3. The number of hydrogen-bond acceptors (Lipinski definition) is 3. The molecule has 0 bridgehead atoms. The summed E-state index contributed by atoms with van der Waals surface area (Å²) in [6, 6.07) is 18.4. The molecule has 0 aliphatic rings. The van der Waals surface area contributed by atoms with E-state index in [-0.39, 0.29) is 5.82 Å². The number of benzene rings is 2. The first-order valence-corrected chi connectivity index (χ1v) is 8.09. The molecule has 0 N–H and O–H groups in total. The number of aromatic nitrogens is 3. The maximum absolute atomic E-state index is 12.9. The Bertz CT molecular complexity index is 942. The van der Waals surface area contributed by atoms with Gasteiger partial charge in [-0.3, -0.25) is 0 Å². The molecule has 0 aliphatic carbocycles. The van der Waals surface area contributed by atoms with Gasteiger partial charge < -0.3 is 9.09 Å². The maximum atomic E-state index is 12.9. The van der Waals surface area contributed by atoms with Crippen molar-refractivity contribution in [1.29, 1.82) is 0 Å². The molecule has 0 saturated carbocycles. The van der Waals surface area contributed by atoms with Crippen LogP contribution in [0, 0.1) is 5.82 Å². The second kappa shape index (κ2) is 6.73. The van der Waals surface area contributed by atoms with Gasteiger partial charge in [0.15, 0.2) is 0 Å². The van der Waals surface area contributed by atoms with Crippen molar-refractivity contribution in [3.8, 4) is 17.1 Å². The Labute approximate surface area is 144 Å². The minimum Gasteiger partial charge on any atom is -0.339 e. The molecule has 5 heteroatoms. The van der Waals surface area contributed by atoms with Crippen molar-refractivity contribution in [1.82, 2.24) is 14.7 Å². The molecule has 25 heavy (non-hydrogen) atoms. The van der Waals surface area contributed by atoms with E-state index < -0.39 is 0 Å². The van der Waals surface area contributed by atoms with Crippen molar-refractivity contribution < 1.29 is 8.91 Å². The third kappa shape index (κ3) is 3.50. The Balaban J connectivity index is 1.44. The molecule has 0 radical (unpaired) electrons. The lowest BCUT2D eigenvalue weighted by Crippen LogP contribution is -1.92. The minimum atomic E-state index is -0.229. The lowest BCUT2D eigenvalue weighted by atomic mass is 10.1. The van der Waals surface area contributed by atoms with Crippen LogP contribution in [-0.2, 0) is 12.8 Å². The van der Waals surface area contributed by atoms with Gasteiger partial charge in [0.1, 0.15) is 5.82 Å². The van der Waals surface area contributed by atoms with Crippen LogP contribution in [0.25, 0.3) is 17.1 Å². The predicted octanol–water partition coefficient (Wildman–Crippen LogP) is 4.45. The molecule has 0 amide bonds. The maximum Gasteiger partial charge on any atom is 0.227 e. The average Bonchev–Trinajstić information content (AvgIpc) is 3.34. The molecule has 4 nitrogen and oxygen atoms in total. The molecule has 4 aromatic rings. The van der Waals surface area contributed by atoms with Gasteiger partial charge in [0.05, 0.1) is 0 Å². The highest BCUT2D eigenvalue weighted by molar-refractivity contribution is 5.56. The molecule has 0 saturated heterocycles. The van der Waals surface area contributed by atoms with E-state index in [2.05, 4.69) is 10.1 Å². The van der Waals surface area contributed by atoms with Gasteiger partial charge in [-0.15, -0.1) is 0 Å². The van der Waals surface area contributed by atoms with Gasteiger partial charge in [-0.1, -0.05) is 17.3 Å². The molecule has 0 spiro atoms. The average molecular weight is 333 g/mol. The summed E-state index contributed by atoms with van der Waals surface area (Å²) in [7, 11) is 0. The van der Waals surface area contributed by atoms with Crippen molar-refractivity contribution in [2.45, 2.75) is 12.8 Å². The lowest BCUT2D eigenvalue weighted by molar-refractivity contribution is 0.379. The first-order valence-electron chi connectivity index (χ1n) is 8.09. The molecule has 2 heterocycles. The van der Waals surface area contributed by atoms with E-state index in [1.807, 2.05) is 53.4 Å². The van der Waals surface area contributed by atoms with Crippen LogP contribution in [0.1, 0.15) is 11.5 Å². The summed E-state index contributed by atoms with van der Waals surface area (Å²) in [5.41, 5.74) is 3.03. The van der Waals surface area contributed by atoms with Crippen molar-refractivity contribution >= 4 is 0 Å². The molecule has 124 valence electrons. The molecule has 0 unspecified atom stereocenters. The first-order chi connectivity index (χ1) is 12.3. The quantitative estimate of drug-likeness (QED) is 0.542. The minimum absolute atomic E-state index is 0.229. The highest BCUT2D eigenvalue weighted by atomic mass is 19.1. The van der Waals surface area contributed by atoms with E-state index in [4.69, 9.17) is 4.52 Å². The number of hydrogen-bond donors (Lipinski definition) is 0. The fourth-order valence-electron chi connectivity index (χ4n) is 2.67. The lowest BCUT2D eigenvalue weighted by Gasteiger charge is -2.02. The predicted molar refractivity (Wildman–Crippen MR) is 92.9 cm³/mol. The normalized spacial score (nSPS) is 10.9. The van der Waals surface area contributed by atoms with Crippen LogP contribution in [0.5, 0.6) is 0 Å². The highest BCUT2D eigenvalue weighted by Crippen LogP contribution is 2.19. The fraction of sp³-hybridized carbons (Fsp3) is 0.100. The van der Waals surface area contributed by atoms with Gasteiger partial charge in [-0.05, 0) is 60.5 Å². The molecule has 4 rings (SSSR count). The van der Waals surface area contributed by atoms with Crippen LogP contribution in [0.15, 0.2) is 77.6 Å². The molecule has 0 fully saturated rings. The van der Waals surface area contributed by atoms with E-state index in [1.54, 1.807) is 12.1 Å². The molecular formula is C20H16FN3O. The Hall–Kier alpha value is -3.21. The van der Waals surface area contributed by atoms with E-state index >= 15 is 0 Å². The smallest absolute Gasteiger partial charge is 0.227 e. The Morgan fingerprint density at radius 2 is 1.60 bits per heavy atom. The summed E-state index contributed by atoms with van der Waals surface area (Å²) in [6.07, 6.45) is 5.35. The topological polar surface area (TPSA) is 43.9 Å². The monoisotopic (exact) mass is 333 g/mol. The van der Waals surface area contributed by atoms with Crippen LogP contribution >= 0.6 is 0 Å².